The highest BCUT2D eigenvalue weighted by atomic mass is 16.6. The Bertz CT molecular complexity index is 906. The average molecular weight is 920 g/mol. The second-order valence-electron chi connectivity index (χ2n) is 20.8. The predicted octanol–water partition coefficient (Wildman–Crippen LogP) is 20.1. The standard InChI is InChI=1S/C60H118O5/c1-3-5-7-9-11-13-15-17-19-20-21-22-23-24-25-26-27-28-29-30-31-32-33-34-35-36-37-38-39-40-41-43-45-47-49-51-53-55-60(63)65-58(56-61)57-64-59(62)54-52-50-48-46-44-42-18-16-14-12-10-8-6-4-2/h58,61H,3-57H2,1-2H3. The zero-order chi connectivity index (χ0) is 47.0. The van der Waals surface area contributed by atoms with Crippen LogP contribution < -0.4 is 0 Å². The van der Waals surface area contributed by atoms with Crippen molar-refractivity contribution >= 4 is 11.9 Å². The molecule has 0 aromatic carbocycles. The summed E-state index contributed by atoms with van der Waals surface area (Å²) in [5, 5.41) is 9.63. The summed E-state index contributed by atoms with van der Waals surface area (Å²) in [6, 6.07) is 0. The van der Waals surface area contributed by atoms with Crippen LogP contribution in [-0.4, -0.2) is 36.4 Å². The number of hydrogen-bond donors (Lipinski definition) is 1. The Labute approximate surface area is 408 Å². The second-order valence-corrected chi connectivity index (χ2v) is 20.8. The molecule has 0 aliphatic rings. The van der Waals surface area contributed by atoms with Gasteiger partial charge in [-0.15, -0.1) is 0 Å². The van der Waals surface area contributed by atoms with Gasteiger partial charge in [0.2, 0.25) is 0 Å². The van der Waals surface area contributed by atoms with E-state index in [1.165, 1.54) is 295 Å². The Morgan fingerprint density at radius 3 is 0.677 bits per heavy atom. The fourth-order valence-corrected chi connectivity index (χ4v) is 9.62. The van der Waals surface area contributed by atoms with Crippen molar-refractivity contribution in [3.63, 3.8) is 0 Å². The van der Waals surface area contributed by atoms with Crippen LogP contribution in [0.4, 0.5) is 0 Å². The fourth-order valence-electron chi connectivity index (χ4n) is 9.62. The fraction of sp³-hybridized carbons (Fsp3) is 0.967. The first-order valence-corrected chi connectivity index (χ1v) is 30.1. The van der Waals surface area contributed by atoms with E-state index in [1.54, 1.807) is 0 Å². The minimum Gasteiger partial charge on any atom is -0.462 e. The maximum absolute atomic E-state index is 12.3. The zero-order valence-electron chi connectivity index (χ0n) is 44.5. The molecular formula is C60H118O5. The topological polar surface area (TPSA) is 72.8 Å². The van der Waals surface area contributed by atoms with Crippen molar-refractivity contribution in [3.8, 4) is 0 Å². The van der Waals surface area contributed by atoms with Crippen molar-refractivity contribution in [3.05, 3.63) is 0 Å². The third-order valence-corrected chi connectivity index (χ3v) is 14.2. The molecule has 1 atom stereocenters. The Hall–Kier alpha value is -1.10. The molecule has 0 spiro atoms. The molecule has 0 rings (SSSR count). The number of aliphatic hydroxyl groups excluding tert-OH is 1. The number of hydrogen-bond acceptors (Lipinski definition) is 5. The number of ether oxygens (including phenoxy) is 2. The first kappa shape index (κ1) is 63.9. The van der Waals surface area contributed by atoms with Crippen LogP contribution in [0.3, 0.4) is 0 Å². The van der Waals surface area contributed by atoms with E-state index in [9.17, 15) is 14.7 Å². The third kappa shape index (κ3) is 55.4. The van der Waals surface area contributed by atoms with Crippen LogP contribution in [0, 0.1) is 0 Å². The molecule has 0 aliphatic heterocycles. The van der Waals surface area contributed by atoms with E-state index < -0.39 is 6.10 Å². The molecule has 65 heavy (non-hydrogen) atoms. The summed E-state index contributed by atoms with van der Waals surface area (Å²) in [4.78, 5) is 24.4. The number of esters is 2. The maximum atomic E-state index is 12.3. The van der Waals surface area contributed by atoms with Gasteiger partial charge in [0.15, 0.2) is 6.10 Å². The molecule has 5 heteroatoms. The van der Waals surface area contributed by atoms with Gasteiger partial charge in [0.05, 0.1) is 6.61 Å². The lowest BCUT2D eigenvalue weighted by Crippen LogP contribution is -2.28. The largest absolute Gasteiger partial charge is 0.462 e. The smallest absolute Gasteiger partial charge is 0.306 e. The van der Waals surface area contributed by atoms with Crippen molar-refractivity contribution in [1.29, 1.82) is 0 Å². The summed E-state index contributed by atoms with van der Waals surface area (Å²) in [6.45, 7) is 4.20. The van der Waals surface area contributed by atoms with Crippen LogP contribution in [0.2, 0.25) is 0 Å². The lowest BCUT2D eigenvalue weighted by molar-refractivity contribution is -0.161. The normalized spacial score (nSPS) is 12.0. The van der Waals surface area contributed by atoms with Gasteiger partial charge in [-0.25, -0.2) is 0 Å². The maximum Gasteiger partial charge on any atom is 0.306 e. The van der Waals surface area contributed by atoms with E-state index in [-0.39, 0.29) is 25.2 Å². The third-order valence-electron chi connectivity index (χ3n) is 14.2. The zero-order valence-corrected chi connectivity index (χ0v) is 44.5. The van der Waals surface area contributed by atoms with Crippen LogP contribution in [-0.2, 0) is 19.1 Å². The number of unbranched alkanes of at least 4 members (excludes halogenated alkanes) is 49. The van der Waals surface area contributed by atoms with Gasteiger partial charge in [-0.3, -0.25) is 9.59 Å². The van der Waals surface area contributed by atoms with E-state index in [1.807, 2.05) is 0 Å². The highest BCUT2D eigenvalue weighted by Gasteiger charge is 2.16. The Kier molecular flexibility index (Phi) is 56.3. The van der Waals surface area contributed by atoms with Crippen LogP contribution in [0.25, 0.3) is 0 Å². The van der Waals surface area contributed by atoms with Gasteiger partial charge in [-0.1, -0.05) is 328 Å². The lowest BCUT2D eigenvalue weighted by atomic mass is 10.0. The van der Waals surface area contributed by atoms with Gasteiger partial charge in [0.1, 0.15) is 6.61 Å². The quantitative estimate of drug-likeness (QED) is 0.0486. The van der Waals surface area contributed by atoms with E-state index in [0.29, 0.717) is 12.8 Å². The van der Waals surface area contributed by atoms with Crippen LogP contribution in [0.5, 0.6) is 0 Å². The van der Waals surface area contributed by atoms with Crippen molar-refractivity contribution in [2.45, 2.75) is 360 Å². The number of aliphatic hydroxyl groups is 1. The van der Waals surface area contributed by atoms with Crippen LogP contribution >= 0.6 is 0 Å². The van der Waals surface area contributed by atoms with Gasteiger partial charge >= 0.3 is 11.9 Å². The van der Waals surface area contributed by atoms with E-state index in [2.05, 4.69) is 13.8 Å². The molecule has 0 saturated carbocycles. The molecule has 388 valence electrons. The highest BCUT2D eigenvalue weighted by molar-refractivity contribution is 5.70. The first-order valence-electron chi connectivity index (χ1n) is 30.1. The van der Waals surface area contributed by atoms with Gasteiger partial charge in [-0.05, 0) is 12.8 Å². The Balaban J connectivity index is 3.32. The predicted molar refractivity (Wildman–Crippen MR) is 284 cm³/mol. The second kappa shape index (κ2) is 57.2. The molecular weight excluding hydrogens is 801 g/mol. The van der Waals surface area contributed by atoms with Crippen LogP contribution in [0.1, 0.15) is 354 Å². The molecule has 1 N–H and O–H groups in total. The summed E-state index contributed by atoms with van der Waals surface area (Å²) in [5.74, 6) is -0.566. The molecule has 0 fully saturated rings. The van der Waals surface area contributed by atoms with Gasteiger partial charge in [-0.2, -0.15) is 0 Å². The number of carbonyl (C=O) groups excluding carboxylic acids is 2. The van der Waals surface area contributed by atoms with Crippen LogP contribution in [0.15, 0.2) is 0 Å². The average Bonchev–Trinajstić information content (AvgIpc) is 3.31. The molecule has 0 amide bonds. The van der Waals surface area contributed by atoms with Crippen molar-refractivity contribution in [2.24, 2.45) is 0 Å². The first-order chi connectivity index (χ1) is 32.1. The highest BCUT2D eigenvalue weighted by Crippen LogP contribution is 2.19. The Morgan fingerprint density at radius 1 is 0.292 bits per heavy atom. The Morgan fingerprint density at radius 2 is 0.477 bits per heavy atom. The number of rotatable bonds is 57. The lowest BCUT2D eigenvalue weighted by Gasteiger charge is -2.15. The minimum atomic E-state index is -0.763. The molecule has 0 saturated heterocycles. The number of carbonyl (C=O) groups is 2. The van der Waals surface area contributed by atoms with Gasteiger partial charge < -0.3 is 14.6 Å². The van der Waals surface area contributed by atoms with Crippen molar-refractivity contribution in [1.82, 2.24) is 0 Å². The van der Waals surface area contributed by atoms with E-state index in [0.717, 1.165) is 32.1 Å². The van der Waals surface area contributed by atoms with E-state index in [4.69, 9.17) is 9.47 Å². The van der Waals surface area contributed by atoms with Crippen molar-refractivity contribution in [2.75, 3.05) is 13.2 Å². The molecule has 0 aromatic heterocycles. The summed E-state index contributed by atoms with van der Waals surface area (Å²) in [7, 11) is 0. The molecule has 0 radical (unpaired) electrons. The monoisotopic (exact) mass is 919 g/mol. The molecule has 0 heterocycles. The molecule has 5 nitrogen and oxygen atoms in total. The minimum absolute atomic E-state index is 0.0561. The van der Waals surface area contributed by atoms with Gasteiger partial charge in [0.25, 0.3) is 0 Å². The molecule has 0 aromatic rings. The summed E-state index contributed by atoms with van der Waals surface area (Å²) >= 11 is 0. The summed E-state index contributed by atoms with van der Waals surface area (Å²) < 4.78 is 10.7. The van der Waals surface area contributed by atoms with E-state index >= 15 is 0 Å². The van der Waals surface area contributed by atoms with Crippen molar-refractivity contribution < 1.29 is 24.2 Å². The molecule has 0 aliphatic carbocycles. The SMILES string of the molecule is CCCCCCCCCCCCCCCCCCCCCCCCCCCCCCCCCCCCCCCC(=O)OC(CO)COC(=O)CCCCCCCCCCCCCCCC. The molecule has 0 bridgehead atoms. The van der Waals surface area contributed by atoms with Gasteiger partial charge in [0, 0.05) is 12.8 Å². The summed E-state index contributed by atoms with van der Waals surface area (Å²) in [6.07, 6.45) is 69.8. The summed E-state index contributed by atoms with van der Waals surface area (Å²) in [5.41, 5.74) is 0. The molecule has 1 unspecified atom stereocenters.